The molecule has 13 rings (SSSR count). The van der Waals surface area contributed by atoms with Gasteiger partial charge in [-0.25, -0.2) is 0 Å². The molecule has 0 aliphatic carbocycles. The minimum absolute atomic E-state index is 0. The third kappa shape index (κ3) is 41.7. The van der Waals surface area contributed by atoms with Gasteiger partial charge in [0, 0.05) is 120 Å². The topological polar surface area (TPSA) is 213 Å². The third-order valence-corrected chi connectivity index (χ3v) is 22.3. The molecule has 16 heteroatoms. The van der Waals surface area contributed by atoms with E-state index >= 15 is 0 Å². The van der Waals surface area contributed by atoms with Crippen LogP contribution in [0.1, 0.15) is 224 Å². The Morgan fingerprint density at radius 3 is 0.838 bits per heavy atom. The molecule has 0 bridgehead atoms. The van der Waals surface area contributed by atoms with Crippen LogP contribution in [0.25, 0.3) is 94.2 Å². The number of fused-ring (bicyclic) bond motifs is 4. The van der Waals surface area contributed by atoms with Gasteiger partial charge in [0.25, 0.3) is 0 Å². The maximum absolute atomic E-state index is 9.47. The monoisotopic (exact) mass is 2550 g/mol. The molecule has 12 nitrogen and oxygen atoms in total. The molecule has 740 valence electrons. The summed E-state index contributed by atoms with van der Waals surface area (Å²) >= 11 is 0. The molecular weight excluding hydrogens is 2390 g/mol. The van der Waals surface area contributed by atoms with E-state index in [0.717, 1.165) is 98.3 Å². The van der Waals surface area contributed by atoms with E-state index in [-0.39, 0.29) is 110 Å². The molecule has 4 heterocycles. The van der Waals surface area contributed by atoms with Gasteiger partial charge in [-0.05, 0) is 194 Å². The molecule has 4 atom stereocenters. The molecule has 4 unspecified atom stereocenters. The van der Waals surface area contributed by atoms with Crippen molar-refractivity contribution >= 4 is 49.2 Å². The first-order valence-corrected chi connectivity index (χ1v) is 47.2. The summed E-state index contributed by atoms with van der Waals surface area (Å²) in [4.78, 5) is 19.4. The van der Waals surface area contributed by atoms with Gasteiger partial charge in [-0.1, -0.05) is 294 Å². The molecule has 13 aromatic rings. The zero-order valence-corrected chi connectivity index (χ0v) is 95.2. The standard InChI is InChI=1S/4C21H22N.C11H14O2.C11H22O2.C9H18O2.C5H10O2.4Ir/c4*1-14(2)12-17-6-5-7-21-19(17)10-11-20(22-21)18-9-8-15(3)16(4)13-18;1-8(12)11(9(2)13)10-6-4-3-5-7-10;1-8(2)5-10(12)7-11(13)6-9(3)4;1-6(2)8(10)5-9(11)7(3)4;1-4(6)3-5(2)7;;;;/h4*5-8,10-11,13-14H,12H2,1-4H3;3-8,12-13H,1-2H3;7-10,12-13H,5-6H2,1-4H3;5-8,10-11H,1-4H3;3-4,6-7H,1-2H3;;;;/q4*-1;;;;;;;;. The molecule has 0 fully saturated rings. The van der Waals surface area contributed by atoms with Crippen molar-refractivity contribution in [3.63, 3.8) is 0 Å². The van der Waals surface area contributed by atoms with E-state index in [2.05, 4.69) is 294 Å². The molecule has 0 aliphatic rings. The van der Waals surface area contributed by atoms with Crippen LogP contribution in [0.3, 0.4) is 0 Å². The maximum atomic E-state index is 9.47. The molecule has 0 aliphatic heterocycles. The van der Waals surface area contributed by atoms with Crippen LogP contribution in [-0.2, 0) is 106 Å². The average molecular weight is 2550 g/mol. The Balaban J connectivity index is 0.000000535. The quantitative estimate of drug-likeness (QED) is 0.0222. The number of aliphatic hydroxyl groups excluding tert-OH is 8. The molecule has 0 saturated heterocycles. The van der Waals surface area contributed by atoms with Crippen molar-refractivity contribution < 1.29 is 121 Å². The normalized spacial score (nSPS) is 12.4. The van der Waals surface area contributed by atoms with Crippen LogP contribution in [0, 0.1) is 127 Å². The largest absolute Gasteiger partial charge is 0.513 e. The minimum Gasteiger partial charge on any atom is -0.513 e. The van der Waals surface area contributed by atoms with Crippen LogP contribution in [0.4, 0.5) is 0 Å². The number of allylic oxidation sites excluding steroid dienone is 4. The summed E-state index contributed by atoms with van der Waals surface area (Å²) in [5.74, 6) is 4.67. The van der Waals surface area contributed by atoms with Gasteiger partial charge in [0.15, 0.2) is 0 Å². The summed E-state index contributed by atoms with van der Waals surface area (Å²) in [5, 5.41) is 78.2. The van der Waals surface area contributed by atoms with E-state index in [4.69, 9.17) is 30.1 Å². The molecule has 8 N–H and O–H groups in total. The van der Waals surface area contributed by atoms with Crippen molar-refractivity contribution in [3.05, 3.63) is 338 Å². The van der Waals surface area contributed by atoms with Crippen LogP contribution in [0.5, 0.6) is 0 Å². The Bertz CT molecular complexity index is 5380. The zero-order valence-electron chi connectivity index (χ0n) is 85.7. The first-order valence-electron chi connectivity index (χ1n) is 47.2. The van der Waals surface area contributed by atoms with Gasteiger partial charge in [0.2, 0.25) is 0 Å². The van der Waals surface area contributed by atoms with Crippen LogP contribution in [0.2, 0.25) is 0 Å². The summed E-state index contributed by atoms with van der Waals surface area (Å²) in [7, 11) is 0. The van der Waals surface area contributed by atoms with Gasteiger partial charge in [0.05, 0.1) is 69.5 Å². The molecule has 0 saturated carbocycles. The Hall–Kier alpha value is -8.78. The van der Waals surface area contributed by atoms with Crippen molar-refractivity contribution in [2.75, 3.05) is 0 Å². The van der Waals surface area contributed by atoms with Crippen LogP contribution < -0.4 is 0 Å². The van der Waals surface area contributed by atoms with Crippen LogP contribution >= 0.6 is 0 Å². The van der Waals surface area contributed by atoms with Gasteiger partial charge in [0.1, 0.15) is 0 Å². The van der Waals surface area contributed by atoms with Crippen molar-refractivity contribution in [2.24, 2.45) is 47.3 Å². The van der Waals surface area contributed by atoms with Gasteiger partial charge in [-0.15, -0.1) is 140 Å². The molecule has 4 radical (unpaired) electrons. The second-order valence-electron chi connectivity index (χ2n) is 38.5. The maximum Gasteiger partial charge on any atom is 0.0955 e. The number of aryl methyl sites for hydroxylation is 8. The fraction of sp³-hybridized carbons (Fsp3) is 0.383. The van der Waals surface area contributed by atoms with E-state index in [1.54, 1.807) is 26.8 Å². The molecule has 0 spiro atoms. The van der Waals surface area contributed by atoms with E-state index in [9.17, 15) is 30.6 Å². The minimum atomic E-state index is -0.646. The van der Waals surface area contributed by atoms with E-state index < -0.39 is 24.4 Å². The second-order valence-corrected chi connectivity index (χ2v) is 38.5. The van der Waals surface area contributed by atoms with Crippen molar-refractivity contribution in [2.45, 2.75) is 257 Å². The molecule has 9 aromatic carbocycles. The summed E-state index contributed by atoms with van der Waals surface area (Å²) in [6.07, 6.45) is 7.94. The SMILES string of the molecule is CC(C)C(O)=CC(O)C(C)C.CC(C)CC(O)=CC(O)CC(C)C.CC(O)=C(c1ccccc1)C(C)O.CC(O)=CC(C)O.Cc1c[c-]c(-c2ccc3c(CC(C)C)cccc3n2)cc1C.Cc1c[c-]c(-c2ccc3c(CC(C)C)cccc3n2)cc1C.Cc1c[c-]c(-c2ccc3c(CC(C)C)cccc3n2)cc1C.Cc1c[c-]c(-c2ccc3c(CC(C)C)cccc3n2)cc1C.[Ir].[Ir].[Ir].[Ir]. The Morgan fingerprint density at radius 2 is 0.625 bits per heavy atom. The number of benzene rings is 9. The van der Waals surface area contributed by atoms with Crippen molar-refractivity contribution in [1.29, 1.82) is 0 Å². The van der Waals surface area contributed by atoms with E-state index in [1.807, 2.05) is 96.1 Å². The van der Waals surface area contributed by atoms with E-state index in [1.165, 1.54) is 107 Å². The van der Waals surface area contributed by atoms with Crippen LogP contribution in [-0.4, -0.2) is 85.2 Å². The predicted molar refractivity (Wildman–Crippen MR) is 560 cm³/mol. The fourth-order valence-corrected chi connectivity index (χ4v) is 14.8. The smallest absolute Gasteiger partial charge is 0.0955 e. The number of rotatable bonds is 23. The van der Waals surface area contributed by atoms with Gasteiger partial charge in [-0.3, -0.25) is 19.9 Å². The number of pyridine rings is 4. The summed E-state index contributed by atoms with van der Waals surface area (Å²) in [6.45, 7) is 57.1. The number of hydrogen-bond donors (Lipinski definition) is 8. The fourth-order valence-electron chi connectivity index (χ4n) is 14.8. The molecule has 0 amide bonds. The molecular formula is C120H152Ir4N4O8-4. The first-order chi connectivity index (χ1) is 62.3. The van der Waals surface area contributed by atoms with Gasteiger partial charge >= 0.3 is 0 Å². The zero-order chi connectivity index (χ0) is 97.9. The number of aromatic nitrogens is 4. The Morgan fingerprint density at radius 1 is 0.331 bits per heavy atom. The number of aliphatic hydroxyl groups is 8. The summed E-state index contributed by atoms with van der Waals surface area (Å²) < 4.78 is 0. The molecule has 136 heavy (non-hydrogen) atoms. The van der Waals surface area contributed by atoms with Crippen LogP contribution in [0.15, 0.2) is 241 Å². The Kier molecular flexibility index (Phi) is 55.9. The summed E-state index contributed by atoms with van der Waals surface area (Å²) in [6, 6.07) is 82.6. The summed E-state index contributed by atoms with van der Waals surface area (Å²) in [5.41, 5.74) is 29.7. The third-order valence-electron chi connectivity index (χ3n) is 22.3. The number of hydrogen-bond acceptors (Lipinski definition) is 12. The van der Waals surface area contributed by atoms with Crippen molar-refractivity contribution in [1.82, 2.24) is 19.9 Å². The Labute approximate surface area is 870 Å². The van der Waals surface area contributed by atoms with Crippen molar-refractivity contribution in [3.8, 4) is 45.0 Å². The average Bonchev–Trinajstić information content (AvgIpc) is 0.810. The molecule has 4 aromatic heterocycles. The second kappa shape index (κ2) is 61.6. The van der Waals surface area contributed by atoms with E-state index in [0.29, 0.717) is 59.7 Å². The number of nitrogens with zero attached hydrogens (tertiary/aromatic N) is 4. The van der Waals surface area contributed by atoms with Gasteiger partial charge < -0.3 is 40.9 Å². The predicted octanol–water partition coefficient (Wildman–Crippen LogP) is 30.2. The first kappa shape index (κ1) is 123. The van der Waals surface area contributed by atoms with Gasteiger partial charge in [-0.2, -0.15) is 0 Å².